The Labute approximate surface area is 176 Å². The van der Waals surface area contributed by atoms with Crippen LogP contribution in [0.15, 0.2) is 18.6 Å². The van der Waals surface area contributed by atoms with E-state index in [1.165, 1.54) is 10.6 Å². The first-order valence-electron chi connectivity index (χ1n) is 10.2. The summed E-state index contributed by atoms with van der Waals surface area (Å²) in [5.41, 5.74) is 0.354. The fraction of sp³-hybridized carbons (Fsp3) is 0.667. The number of piperazine rings is 1. The summed E-state index contributed by atoms with van der Waals surface area (Å²) < 4.78 is 53.2. The van der Waals surface area contributed by atoms with Gasteiger partial charge in [0.1, 0.15) is 17.8 Å². The monoisotopic (exact) mass is 454 g/mol. The van der Waals surface area contributed by atoms with Crippen LogP contribution < -0.4 is 4.90 Å². The van der Waals surface area contributed by atoms with Crippen molar-refractivity contribution in [3.8, 4) is 0 Å². The van der Waals surface area contributed by atoms with Crippen LogP contribution in [0.4, 0.5) is 5.82 Å². The molecule has 1 spiro atoms. The van der Waals surface area contributed by atoms with Crippen molar-refractivity contribution < 1.29 is 16.8 Å². The molecule has 0 bridgehead atoms. The van der Waals surface area contributed by atoms with Crippen LogP contribution in [0.2, 0.25) is 0 Å². The van der Waals surface area contributed by atoms with Crippen molar-refractivity contribution in [3.63, 3.8) is 0 Å². The van der Waals surface area contributed by atoms with Gasteiger partial charge in [-0.1, -0.05) is 0 Å². The average Bonchev–Trinajstić information content (AvgIpc) is 3.12. The van der Waals surface area contributed by atoms with Crippen LogP contribution in [-0.2, 0) is 20.0 Å². The highest BCUT2D eigenvalue weighted by Crippen LogP contribution is 2.47. The summed E-state index contributed by atoms with van der Waals surface area (Å²) in [6.45, 7) is 1.76. The summed E-state index contributed by atoms with van der Waals surface area (Å²) in [7, 11) is -5.13. The Balaban J connectivity index is 1.34. The van der Waals surface area contributed by atoms with Gasteiger partial charge in [0.15, 0.2) is 9.84 Å². The summed E-state index contributed by atoms with van der Waals surface area (Å²) in [5.74, 6) is 0.926. The van der Waals surface area contributed by atoms with Gasteiger partial charge in [-0.25, -0.2) is 18.4 Å². The number of fused-ring (bicyclic) bond motifs is 1. The molecule has 0 amide bonds. The largest absolute Gasteiger partial charge is 0.353 e. The molecule has 4 heterocycles. The van der Waals surface area contributed by atoms with Crippen molar-refractivity contribution >= 4 is 36.9 Å². The highest BCUT2D eigenvalue weighted by atomic mass is 32.2. The molecule has 5 rings (SSSR count). The van der Waals surface area contributed by atoms with Crippen LogP contribution in [-0.4, -0.2) is 90.7 Å². The number of anilines is 1. The molecule has 164 valence electrons. The third-order valence-electron chi connectivity index (χ3n) is 6.56. The van der Waals surface area contributed by atoms with Gasteiger partial charge in [0, 0.05) is 39.4 Å². The van der Waals surface area contributed by atoms with E-state index in [1.54, 1.807) is 11.4 Å². The lowest BCUT2D eigenvalue weighted by Gasteiger charge is -2.43. The zero-order valence-corrected chi connectivity index (χ0v) is 18.5. The molecular weight excluding hydrogens is 428 g/mol. The minimum Gasteiger partial charge on any atom is -0.353 e. The molecule has 2 aromatic heterocycles. The Hall–Kier alpha value is -1.76. The molecular formula is C18H26N6O4S2. The van der Waals surface area contributed by atoms with E-state index in [0.717, 1.165) is 29.7 Å². The Bertz CT molecular complexity index is 1170. The molecule has 1 unspecified atom stereocenters. The number of aromatic nitrogens is 3. The molecule has 3 fully saturated rings. The van der Waals surface area contributed by atoms with Crippen molar-refractivity contribution in [2.45, 2.75) is 24.8 Å². The maximum atomic E-state index is 13.4. The third kappa shape index (κ3) is 3.39. The first kappa shape index (κ1) is 20.2. The van der Waals surface area contributed by atoms with Gasteiger partial charge in [-0.05, 0) is 31.2 Å². The first-order valence-corrected chi connectivity index (χ1v) is 13.4. The zero-order chi connectivity index (χ0) is 21.1. The van der Waals surface area contributed by atoms with Crippen LogP contribution in [0.3, 0.4) is 0 Å². The van der Waals surface area contributed by atoms with Crippen molar-refractivity contribution in [1.29, 1.82) is 0 Å². The fourth-order valence-electron chi connectivity index (χ4n) is 4.81. The molecule has 1 saturated carbocycles. The van der Waals surface area contributed by atoms with Crippen molar-refractivity contribution in [3.05, 3.63) is 18.6 Å². The summed E-state index contributed by atoms with van der Waals surface area (Å²) >= 11 is 0. The van der Waals surface area contributed by atoms with E-state index in [1.807, 2.05) is 12.3 Å². The van der Waals surface area contributed by atoms with Crippen molar-refractivity contribution in [2.75, 3.05) is 49.6 Å². The highest BCUT2D eigenvalue weighted by molar-refractivity contribution is 7.91. The molecule has 12 heteroatoms. The number of aromatic amines is 1. The molecule has 2 aliphatic heterocycles. The summed E-state index contributed by atoms with van der Waals surface area (Å²) in [6.07, 6.45) is 5.52. The number of nitrogens with one attached hydrogen (secondary N) is 1. The lowest BCUT2D eigenvalue weighted by atomic mass is 10.1. The van der Waals surface area contributed by atoms with Gasteiger partial charge < -0.3 is 9.88 Å². The molecule has 1 aliphatic carbocycles. The smallest absolute Gasteiger partial charge is 0.282 e. The van der Waals surface area contributed by atoms with Gasteiger partial charge >= 0.3 is 0 Å². The number of sulfone groups is 1. The minimum absolute atomic E-state index is 0.0756. The summed E-state index contributed by atoms with van der Waals surface area (Å²) in [6, 6.07) is 1.94. The average molecular weight is 455 g/mol. The second kappa shape index (κ2) is 6.87. The lowest BCUT2D eigenvalue weighted by molar-refractivity contribution is 0.246. The van der Waals surface area contributed by atoms with Crippen molar-refractivity contribution in [1.82, 2.24) is 23.6 Å². The van der Waals surface area contributed by atoms with Gasteiger partial charge in [-0.3, -0.25) is 0 Å². The van der Waals surface area contributed by atoms with Crippen LogP contribution in [0, 0.1) is 5.92 Å². The predicted molar refractivity (Wildman–Crippen MR) is 113 cm³/mol. The number of nitrogens with zero attached hydrogens (tertiary/aromatic N) is 5. The van der Waals surface area contributed by atoms with E-state index < -0.39 is 25.6 Å². The first-order chi connectivity index (χ1) is 14.2. The summed E-state index contributed by atoms with van der Waals surface area (Å²) in [4.78, 5) is 13.9. The number of hydrogen-bond acceptors (Lipinski definition) is 7. The Morgan fingerprint density at radius 3 is 2.80 bits per heavy atom. The standard InChI is InChI=1S/C18H26N6O4S2/c1-22(10-14-3-9-29(25,26)11-14)30(27,28)24-8-7-23(12-18(24)4-5-18)17-15-2-6-19-16(15)20-13-21-17/h2,6,13-14H,3-5,7-12H2,1H3,(H,19,20,21). The Kier molecular flexibility index (Phi) is 4.62. The summed E-state index contributed by atoms with van der Waals surface area (Å²) in [5, 5.41) is 0.934. The number of H-pyrrole nitrogens is 1. The molecule has 30 heavy (non-hydrogen) atoms. The topological polar surface area (TPSA) is 120 Å². The molecule has 0 aromatic carbocycles. The molecule has 0 radical (unpaired) electrons. The van der Waals surface area contributed by atoms with E-state index in [-0.39, 0.29) is 24.0 Å². The molecule has 10 nitrogen and oxygen atoms in total. The van der Waals surface area contributed by atoms with Gasteiger partial charge in [0.25, 0.3) is 10.2 Å². The van der Waals surface area contributed by atoms with Crippen LogP contribution in [0.25, 0.3) is 11.0 Å². The molecule has 2 aromatic rings. The molecule has 2 saturated heterocycles. The Morgan fingerprint density at radius 1 is 1.30 bits per heavy atom. The third-order valence-corrected chi connectivity index (χ3v) is 10.5. The van der Waals surface area contributed by atoms with Gasteiger partial charge in [-0.15, -0.1) is 0 Å². The maximum absolute atomic E-state index is 13.4. The number of hydrogen-bond donors (Lipinski definition) is 1. The fourth-order valence-corrected chi connectivity index (χ4v) is 8.43. The zero-order valence-electron chi connectivity index (χ0n) is 16.9. The van der Waals surface area contributed by atoms with E-state index in [4.69, 9.17) is 0 Å². The Morgan fingerprint density at radius 2 is 2.10 bits per heavy atom. The van der Waals surface area contributed by atoms with E-state index >= 15 is 0 Å². The van der Waals surface area contributed by atoms with Gasteiger partial charge in [-0.2, -0.15) is 17.0 Å². The molecule has 1 atom stereocenters. The lowest BCUT2D eigenvalue weighted by Crippen LogP contribution is -2.60. The highest BCUT2D eigenvalue weighted by Gasteiger charge is 2.57. The number of rotatable bonds is 5. The maximum Gasteiger partial charge on any atom is 0.282 e. The van der Waals surface area contributed by atoms with E-state index in [9.17, 15) is 16.8 Å². The van der Waals surface area contributed by atoms with Crippen LogP contribution in [0.5, 0.6) is 0 Å². The van der Waals surface area contributed by atoms with Gasteiger partial charge in [0.05, 0.1) is 22.4 Å². The van der Waals surface area contributed by atoms with Crippen LogP contribution >= 0.6 is 0 Å². The predicted octanol–water partition coefficient (Wildman–Crippen LogP) is 0.224. The molecule has 3 aliphatic rings. The minimum atomic E-state index is -3.66. The second-order valence-electron chi connectivity index (χ2n) is 8.71. The van der Waals surface area contributed by atoms with E-state index in [2.05, 4.69) is 19.9 Å². The van der Waals surface area contributed by atoms with Gasteiger partial charge in [0.2, 0.25) is 0 Å². The van der Waals surface area contributed by atoms with Crippen LogP contribution in [0.1, 0.15) is 19.3 Å². The SMILES string of the molecule is CN(CC1CCS(=O)(=O)C1)S(=O)(=O)N1CCN(c2ncnc3[nH]ccc23)CC12CC2. The second-order valence-corrected chi connectivity index (χ2v) is 12.9. The van der Waals surface area contributed by atoms with Crippen molar-refractivity contribution in [2.24, 2.45) is 5.92 Å². The normalized spacial score (nSPS) is 26.1. The van der Waals surface area contributed by atoms with E-state index in [0.29, 0.717) is 26.1 Å². The quantitative estimate of drug-likeness (QED) is 0.686. The molecule has 1 N–H and O–H groups in total.